The molecule has 1 N–H and O–H groups in total. The molecule has 28 heavy (non-hydrogen) atoms. The van der Waals surface area contributed by atoms with E-state index in [4.69, 9.17) is 4.74 Å². The van der Waals surface area contributed by atoms with Crippen LogP contribution < -0.4 is 10.2 Å². The summed E-state index contributed by atoms with van der Waals surface area (Å²) in [7, 11) is 0. The fourth-order valence-electron chi connectivity index (χ4n) is 3.18. The molecule has 2 aromatic rings. The third-order valence-corrected chi connectivity index (χ3v) is 5.40. The van der Waals surface area contributed by atoms with E-state index in [9.17, 15) is 9.59 Å². The molecule has 1 aliphatic heterocycles. The van der Waals surface area contributed by atoms with E-state index in [0.29, 0.717) is 30.9 Å². The fourth-order valence-corrected chi connectivity index (χ4v) is 3.80. The van der Waals surface area contributed by atoms with Gasteiger partial charge in [-0.1, -0.05) is 18.2 Å². The zero-order chi connectivity index (χ0) is 19.9. The monoisotopic (exact) mass is 399 g/mol. The summed E-state index contributed by atoms with van der Waals surface area (Å²) in [6.07, 6.45) is 2.08. The molecule has 0 aromatic heterocycles. The van der Waals surface area contributed by atoms with Crippen LogP contribution in [-0.2, 0) is 4.74 Å². The van der Waals surface area contributed by atoms with E-state index in [1.165, 1.54) is 10.6 Å². The molecule has 2 amide bonds. The molecule has 1 fully saturated rings. The summed E-state index contributed by atoms with van der Waals surface area (Å²) >= 11 is 1.73. The lowest BCUT2D eigenvalue weighted by Crippen LogP contribution is -2.50. The molecule has 1 heterocycles. The lowest BCUT2D eigenvalue weighted by molar-refractivity contribution is 0.0526. The first-order chi connectivity index (χ1) is 13.6. The Kier molecular flexibility index (Phi) is 6.81. The number of anilines is 2. The number of nitrogens with zero attached hydrogens (tertiary/aromatic N) is 2. The third-order valence-electron chi connectivity index (χ3n) is 4.62. The second-order valence-corrected chi connectivity index (χ2v) is 7.23. The van der Waals surface area contributed by atoms with Crippen molar-refractivity contribution in [3.63, 3.8) is 0 Å². The molecule has 0 spiro atoms. The summed E-state index contributed by atoms with van der Waals surface area (Å²) in [4.78, 5) is 29.8. The number of amides is 2. The van der Waals surface area contributed by atoms with Crippen LogP contribution in [0.5, 0.6) is 0 Å². The van der Waals surface area contributed by atoms with E-state index in [0.717, 1.165) is 13.1 Å². The minimum Gasteiger partial charge on any atom is -0.462 e. The topological polar surface area (TPSA) is 61.9 Å². The van der Waals surface area contributed by atoms with Crippen LogP contribution in [0.25, 0.3) is 0 Å². The summed E-state index contributed by atoms with van der Waals surface area (Å²) < 4.78 is 5.01. The lowest BCUT2D eigenvalue weighted by atomic mass is 10.2. The first-order valence-corrected chi connectivity index (χ1v) is 10.6. The molecule has 0 aliphatic carbocycles. The van der Waals surface area contributed by atoms with Gasteiger partial charge < -0.3 is 19.9 Å². The minimum atomic E-state index is -0.389. The van der Waals surface area contributed by atoms with Crippen LogP contribution in [0.1, 0.15) is 17.3 Å². The Bertz CT molecular complexity index is 835. The van der Waals surface area contributed by atoms with Gasteiger partial charge in [0.25, 0.3) is 0 Å². The number of hydrogen-bond donors (Lipinski definition) is 1. The Hall–Kier alpha value is -2.67. The van der Waals surface area contributed by atoms with E-state index >= 15 is 0 Å². The Morgan fingerprint density at radius 3 is 2.54 bits per heavy atom. The zero-order valence-corrected chi connectivity index (χ0v) is 17.0. The number of carbonyl (C=O) groups excluding carboxylic acids is 2. The molecular formula is C21H25N3O3S. The van der Waals surface area contributed by atoms with Crippen molar-refractivity contribution in [2.24, 2.45) is 0 Å². The number of urea groups is 1. The van der Waals surface area contributed by atoms with E-state index < -0.39 is 0 Å². The van der Waals surface area contributed by atoms with Gasteiger partial charge in [-0.05, 0) is 43.5 Å². The van der Waals surface area contributed by atoms with Crippen molar-refractivity contribution in [2.45, 2.75) is 11.8 Å². The summed E-state index contributed by atoms with van der Waals surface area (Å²) in [6.45, 7) is 4.94. The number of benzene rings is 2. The van der Waals surface area contributed by atoms with Crippen molar-refractivity contribution in [1.82, 2.24) is 4.90 Å². The number of ether oxygens (including phenoxy) is 1. The highest BCUT2D eigenvalue weighted by Gasteiger charge is 2.22. The first kappa shape index (κ1) is 20.1. The maximum Gasteiger partial charge on any atom is 0.338 e. The molecule has 0 atom stereocenters. The van der Waals surface area contributed by atoms with Gasteiger partial charge in [0.05, 0.1) is 17.9 Å². The Labute approximate surface area is 169 Å². The van der Waals surface area contributed by atoms with Gasteiger partial charge in [0.1, 0.15) is 0 Å². The zero-order valence-electron chi connectivity index (χ0n) is 16.2. The number of esters is 1. The molecule has 0 unspecified atom stereocenters. The number of carbonyl (C=O) groups is 2. The van der Waals surface area contributed by atoms with Gasteiger partial charge in [-0.25, -0.2) is 9.59 Å². The highest BCUT2D eigenvalue weighted by atomic mass is 32.2. The molecule has 6 nitrogen and oxygen atoms in total. The molecule has 2 aromatic carbocycles. The van der Waals surface area contributed by atoms with Gasteiger partial charge in [0, 0.05) is 36.8 Å². The largest absolute Gasteiger partial charge is 0.462 e. The highest BCUT2D eigenvalue weighted by molar-refractivity contribution is 7.98. The van der Waals surface area contributed by atoms with Crippen LogP contribution in [0.4, 0.5) is 16.2 Å². The van der Waals surface area contributed by atoms with E-state index in [1.54, 1.807) is 47.9 Å². The predicted octanol–water partition coefficient (Wildman–Crippen LogP) is 3.94. The average Bonchev–Trinajstić information content (AvgIpc) is 2.74. The average molecular weight is 400 g/mol. The summed E-state index contributed by atoms with van der Waals surface area (Å²) in [5, 5.41) is 2.88. The number of para-hydroxylation sites is 1. The second-order valence-electron chi connectivity index (χ2n) is 6.38. The van der Waals surface area contributed by atoms with Crippen LogP contribution in [0, 0.1) is 0 Å². The minimum absolute atomic E-state index is 0.154. The van der Waals surface area contributed by atoms with Crippen LogP contribution >= 0.6 is 11.8 Å². The van der Waals surface area contributed by atoms with Crippen molar-refractivity contribution < 1.29 is 14.3 Å². The van der Waals surface area contributed by atoms with Crippen molar-refractivity contribution in [3.8, 4) is 0 Å². The molecule has 148 valence electrons. The van der Waals surface area contributed by atoms with E-state index in [-0.39, 0.29) is 12.0 Å². The number of hydrogen-bond acceptors (Lipinski definition) is 5. The Morgan fingerprint density at radius 1 is 1.07 bits per heavy atom. The number of thioether (sulfide) groups is 1. The maximum absolute atomic E-state index is 12.6. The third kappa shape index (κ3) is 4.78. The normalized spacial score (nSPS) is 13.9. The van der Waals surface area contributed by atoms with Crippen LogP contribution in [0.15, 0.2) is 53.4 Å². The van der Waals surface area contributed by atoms with Gasteiger partial charge in [-0.3, -0.25) is 0 Å². The van der Waals surface area contributed by atoms with Crippen molar-refractivity contribution in [1.29, 1.82) is 0 Å². The Morgan fingerprint density at radius 2 is 1.82 bits per heavy atom. The van der Waals surface area contributed by atoms with E-state index in [1.807, 2.05) is 12.1 Å². The number of piperazine rings is 1. The number of nitrogens with one attached hydrogen (secondary N) is 1. The molecule has 0 radical (unpaired) electrons. The molecule has 1 saturated heterocycles. The maximum atomic E-state index is 12.6. The second kappa shape index (κ2) is 9.50. The van der Waals surface area contributed by atoms with Gasteiger partial charge in [-0.2, -0.15) is 0 Å². The summed E-state index contributed by atoms with van der Waals surface area (Å²) in [5.41, 5.74) is 2.24. The number of rotatable bonds is 5. The van der Waals surface area contributed by atoms with Crippen LogP contribution in [-0.4, -0.2) is 55.9 Å². The molecular weight excluding hydrogens is 374 g/mol. The van der Waals surface area contributed by atoms with Crippen molar-refractivity contribution in [2.75, 3.05) is 49.3 Å². The van der Waals surface area contributed by atoms with Crippen LogP contribution in [0.2, 0.25) is 0 Å². The summed E-state index contributed by atoms with van der Waals surface area (Å²) in [5.74, 6) is -0.389. The van der Waals surface area contributed by atoms with Crippen LogP contribution in [0.3, 0.4) is 0 Å². The van der Waals surface area contributed by atoms with Crippen molar-refractivity contribution in [3.05, 3.63) is 54.1 Å². The molecule has 0 saturated carbocycles. The fraction of sp³-hybridized carbons (Fsp3) is 0.333. The molecule has 0 bridgehead atoms. The lowest BCUT2D eigenvalue weighted by Gasteiger charge is -2.36. The summed E-state index contributed by atoms with van der Waals surface area (Å²) in [6, 6.07) is 15.0. The van der Waals surface area contributed by atoms with Gasteiger partial charge in [0.15, 0.2) is 0 Å². The van der Waals surface area contributed by atoms with Gasteiger partial charge >= 0.3 is 12.0 Å². The Balaban J connectivity index is 1.58. The highest BCUT2D eigenvalue weighted by Crippen LogP contribution is 2.29. The SMILES string of the molecule is CCOC(=O)c1cccc(NC(=O)N2CCN(c3ccccc3SC)CC2)c1. The molecule has 7 heteroatoms. The predicted molar refractivity (Wildman–Crippen MR) is 113 cm³/mol. The molecule has 3 rings (SSSR count). The molecule has 1 aliphatic rings. The van der Waals surface area contributed by atoms with Crippen molar-refractivity contribution >= 4 is 35.1 Å². The standard InChI is InChI=1S/C21H25N3O3S/c1-3-27-20(25)16-7-6-8-17(15-16)22-21(26)24-13-11-23(12-14-24)18-9-4-5-10-19(18)28-2/h4-10,15H,3,11-14H2,1-2H3,(H,22,26). The van der Waals surface area contributed by atoms with Gasteiger partial charge in [-0.15, -0.1) is 11.8 Å². The van der Waals surface area contributed by atoms with Gasteiger partial charge in [0.2, 0.25) is 0 Å². The van der Waals surface area contributed by atoms with E-state index in [2.05, 4.69) is 28.6 Å². The first-order valence-electron chi connectivity index (χ1n) is 9.33. The quantitative estimate of drug-likeness (QED) is 0.610. The smallest absolute Gasteiger partial charge is 0.338 e.